The van der Waals surface area contributed by atoms with Crippen molar-refractivity contribution >= 4 is 16.0 Å². The summed E-state index contributed by atoms with van der Waals surface area (Å²) in [6.45, 7) is 5.08. The number of aryl methyl sites for hydroxylation is 1. The maximum absolute atomic E-state index is 12.7. The number of carboxylic acids is 1. The van der Waals surface area contributed by atoms with Crippen LogP contribution < -0.4 is 15.0 Å². The molecule has 1 aromatic heterocycles. The average molecular weight is 454 g/mol. The molecule has 0 aliphatic heterocycles. The second kappa shape index (κ2) is 10.5. The van der Waals surface area contributed by atoms with Crippen LogP contribution >= 0.6 is 0 Å². The van der Waals surface area contributed by atoms with Gasteiger partial charge in [-0.2, -0.15) is 4.72 Å². The molecule has 0 aliphatic carbocycles. The number of carboxylic acid groups (broad SMARTS) is 1. The maximum Gasteiger partial charge on any atom is 0.324 e. The van der Waals surface area contributed by atoms with Crippen LogP contribution in [0.4, 0.5) is 0 Å². The molecule has 0 amide bonds. The Labute approximate surface area is 180 Å². The number of ether oxygens (including phenoxy) is 1. The average Bonchev–Trinajstić information content (AvgIpc) is 2.74. The number of hydrogen-bond donors (Lipinski definition) is 4. The number of H-pyrrole nitrogens is 1. The lowest BCUT2D eigenvalue weighted by Crippen LogP contribution is -2.43. The van der Waals surface area contributed by atoms with Crippen molar-refractivity contribution in [1.82, 2.24) is 14.7 Å². The van der Waals surface area contributed by atoms with Crippen LogP contribution in [0.2, 0.25) is 0 Å². The minimum atomic E-state index is -4.29. The fourth-order valence-electron chi connectivity index (χ4n) is 2.95. The first kappa shape index (κ1) is 24.5. The van der Waals surface area contributed by atoms with Gasteiger partial charge in [-0.3, -0.25) is 9.59 Å². The van der Waals surface area contributed by atoms with E-state index in [2.05, 4.69) is 9.97 Å². The van der Waals surface area contributed by atoms with Gasteiger partial charge in [-0.15, -0.1) is 0 Å². The van der Waals surface area contributed by atoms with Gasteiger partial charge < -0.3 is 19.9 Å². The fourth-order valence-corrected chi connectivity index (χ4v) is 4.16. The van der Waals surface area contributed by atoms with Crippen LogP contribution in [-0.4, -0.2) is 53.8 Å². The summed E-state index contributed by atoms with van der Waals surface area (Å²) in [4.78, 5) is 30.6. The molecule has 4 N–H and O–H groups in total. The van der Waals surface area contributed by atoms with Gasteiger partial charge in [0.25, 0.3) is 5.56 Å². The van der Waals surface area contributed by atoms with Crippen molar-refractivity contribution in [1.29, 1.82) is 0 Å². The van der Waals surface area contributed by atoms with Gasteiger partial charge in [0, 0.05) is 5.56 Å². The first-order valence-corrected chi connectivity index (χ1v) is 11.4. The van der Waals surface area contributed by atoms with E-state index in [0.29, 0.717) is 42.9 Å². The highest BCUT2D eigenvalue weighted by atomic mass is 32.2. The Kier molecular flexibility index (Phi) is 8.31. The van der Waals surface area contributed by atoms with Crippen molar-refractivity contribution in [2.75, 3.05) is 13.2 Å². The van der Waals surface area contributed by atoms with Crippen molar-refractivity contribution in [3.63, 3.8) is 0 Å². The number of hydrogen-bond acceptors (Lipinski definition) is 7. The zero-order valence-corrected chi connectivity index (χ0v) is 18.5. The van der Waals surface area contributed by atoms with E-state index in [1.54, 1.807) is 0 Å². The summed E-state index contributed by atoms with van der Waals surface area (Å²) < 4.78 is 33.0. The molecule has 10 nitrogen and oxygen atoms in total. The number of sulfonamides is 1. The quantitative estimate of drug-likeness (QED) is 0.393. The normalized spacial score (nSPS) is 12.5. The van der Waals surface area contributed by atoms with E-state index < -0.39 is 28.6 Å². The number of rotatable bonds is 11. The molecule has 1 heterocycles. The minimum absolute atomic E-state index is 0.152. The summed E-state index contributed by atoms with van der Waals surface area (Å²) in [5, 5.41) is 18.2. The maximum atomic E-state index is 12.7. The van der Waals surface area contributed by atoms with Gasteiger partial charge in [0.2, 0.25) is 10.0 Å². The Morgan fingerprint density at radius 2 is 1.97 bits per heavy atom. The number of aliphatic hydroxyl groups excluding tert-OH is 1. The highest BCUT2D eigenvalue weighted by molar-refractivity contribution is 7.89. The summed E-state index contributed by atoms with van der Waals surface area (Å²) in [6, 6.07) is 2.24. The van der Waals surface area contributed by atoms with Gasteiger partial charge in [-0.05, 0) is 37.5 Å². The second-order valence-corrected chi connectivity index (χ2v) is 8.46. The van der Waals surface area contributed by atoms with Crippen molar-refractivity contribution < 1.29 is 28.2 Å². The minimum Gasteiger partial charge on any atom is -0.493 e. The molecule has 0 spiro atoms. The Bertz CT molecular complexity index is 1100. The van der Waals surface area contributed by atoms with Gasteiger partial charge in [0.1, 0.15) is 17.6 Å². The number of nitrogens with one attached hydrogen (secondary N) is 2. The van der Waals surface area contributed by atoms with Crippen LogP contribution in [0.3, 0.4) is 0 Å². The lowest BCUT2D eigenvalue weighted by Gasteiger charge is -2.16. The topological polar surface area (TPSA) is 159 Å². The molecule has 1 unspecified atom stereocenters. The number of aliphatic hydroxyl groups is 1. The molecular formula is C20H27N3O7S. The number of aliphatic carboxylic acids is 1. The van der Waals surface area contributed by atoms with Crippen molar-refractivity contribution in [3.8, 4) is 17.1 Å². The molecule has 0 fully saturated rings. The molecule has 2 rings (SSSR count). The number of aromatic nitrogens is 2. The van der Waals surface area contributed by atoms with Crippen molar-refractivity contribution in [2.45, 2.75) is 51.0 Å². The molecule has 1 atom stereocenters. The number of nitrogens with zero attached hydrogens (tertiary/aromatic N) is 1. The highest BCUT2D eigenvalue weighted by Crippen LogP contribution is 2.30. The zero-order chi connectivity index (χ0) is 23.2. The van der Waals surface area contributed by atoms with Gasteiger partial charge >= 0.3 is 5.97 Å². The van der Waals surface area contributed by atoms with Crippen LogP contribution in [0.15, 0.2) is 27.9 Å². The first-order chi connectivity index (χ1) is 14.7. The zero-order valence-electron chi connectivity index (χ0n) is 17.6. The third-order valence-corrected chi connectivity index (χ3v) is 6.02. The van der Waals surface area contributed by atoms with Gasteiger partial charge in [-0.25, -0.2) is 13.4 Å². The Balaban J connectivity index is 2.64. The molecule has 0 bridgehead atoms. The van der Waals surface area contributed by atoms with Crippen LogP contribution in [0.5, 0.6) is 5.75 Å². The van der Waals surface area contributed by atoms with E-state index in [-0.39, 0.29) is 21.8 Å². The van der Waals surface area contributed by atoms with Gasteiger partial charge in [-0.1, -0.05) is 20.8 Å². The Hall–Kier alpha value is -2.76. The number of benzene rings is 1. The second-order valence-electron chi connectivity index (χ2n) is 6.75. The van der Waals surface area contributed by atoms with Crippen LogP contribution in [0, 0.1) is 0 Å². The summed E-state index contributed by atoms with van der Waals surface area (Å²) in [5.74, 6) is -1.03. The van der Waals surface area contributed by atoms with Gasteiger partial charge in [0.05, 0.1) is 29.4 Å². The Morgan fingerprint density at radius 1 is 1.26 bits per heavy atom. The summed E-state index contributed by atoms with van der Waals surface area (Å²) >= 11 is 0. The summed E-state index contributed by atoms with van der Waals surface area (Å²) in [5.41, 5.74) is 1.09. The number of carbonyl (C=O) groups is 1. The third kappa shape index (κ3) is 5.69. The van der Waals surface area contributed by atoms with Crippen molar-refractivity contribution in [2.24, 2.45) is 0 Å². The molecule has 170 valence electrons. The van der Waals surface area contributed by atoms with E-state index in [0.717, 1.165) is 0 Å². The smallest absolute Gasteiger partial charge is 0.324 e. The van der Waals surface area contributed by atoms with Crippen LogP contribution in [0.25, 0.3) is 11.4 Å². The molecule has 1 aromatic carbocycles. The molecule has 0 saturated heterocycles. The first-order valence-electron chi connectivity index (χ1n) is 9.93. The lowest BCUT2D eigenvalue weighted by atomic mass is 10.1. The monoisotopic (exact) mass is 453 g/mol. The van der Waals surface area contributed by atoms with E-state index in [1.165, 1.54) is 18.2 Å². The predicted molar refractivity (Wildman–Crippen MR) is 114 cm³/mol. The standard InChI is InChI=1S/C20H27N3O7S/c1-4-9-30-17-8-7-12(31(28,29)23-16(11-24)20(26)27)10-14(17)18-21-15(6-3)13(5-2)19(25)22-18/h7-8,10,16,23-24H,4-6,9,11H2,1-3H3,(H,26,27)(H,21,22,25). The van der Waals surface area contributed by atoms with Gasteiger partial charge in [0.15, 0.2) is 0 Å². The predicted octanol–water partition coefficient (Wildman–Crippen LogP) is 1.07. The summed E-state index contributed by atoms with van der Waals surface area (Å²) in [7, 11) is -4.29. The molecule has 0 aliphatic rings. The van der Waals surface area contributed by atoms with Crippen molar-refractivity contribution in [3.05, 3.63) is 39.8 Å². The van der Waals surface area contributed by atoms with E-state index in [1.807, 2.05) is 25.5 Å². The molecule has 0 saturated carbocycles. The van der Waals surface area contributed by atoms with E-state index >= 15 is 0 Å². The molecule has 0 radical (unpaired) electrons. The van der Waals surface area contributed by atoms with Crippen LogP contribution in [0.1, 0.15) is 38.4 Å². The molecule has 31 heavy (non-hydrogen) atoms. The fraction of sp³-hybridized carbons (Fsp3) is 0.450. The Morgan fingerprint density at radius 3 is 2.52 bits per heavy atom. The SMILES string of the molecule is CCCOc1ccc(S(=O)(=O)NC(CO)C(=O)O)cc1-c1nc(CC)c(CC)c(=O)[nH]1. The summed E-state index contributed by atoms with van der Waals surface area (Å²) in [6.07, 6.45) is 1.72. The largest absolute Gasteiger partial charge is 0.493 e. The molecular weight excluding hydrogens is 426 g/mol. The third-order valence-electron chi connectivity index (χ3n) is 4.55. The van der Waals surface area contributed by atoms with E-state index in [4.69, 9.17) is 14.9 Å². The lowest BCUT2D eigenvalue weighted by molar-refractivity contribution is -0.139. The molecule has 11 heteroatoms. The van der Waals surface area contributed by atoms with E-state index in [9.17, 15) is 18.0 Å². The molecule has 2 aromatic rings. The highest BCUT2D eigenvalue weighted by Gasteiger charge is 2.26. The number of aromatic amines is 1. The van der Waals surface area contributed by atoms with Crippen LogP contribution in [-0.2, 0) is 27.7 Å².